The van der Waals surface area contributed by atoms with E-state index in [9.17, 15) is 0 Å². The number of benzene rings is 1. The summed E-state index contributed by atoms with van der Waals surface area (Å²) in [5.74, 6) is 1.49. The fraction of sp³-hybridized carbons (Fsp3) is 0.0833. The molecule has 3 heteroatoms. The zero-order chi connectivity index (χ0) is 10.7. The largest absolute Gasteiger partial charge is 0.457 e. The first kappa shape index (κ1) is 9.99. The van der Waals surface area contributed by atoms with Crippen molar-refractivity contribution in [3.8, 4) is 11.5 Å². The maximum atomic E-state index is 5.75. The van der Waals surface area contributed by atoms with E-state index in [-0.39, 0.29) is 0 Å². The van der Waals surface area contributed by atoms with Crippen molar-refractivity contribution in [2.24, 2.45) is 0 Å². The minimum Gasteiger partial charge on any atom is -0.457 e. The van der Waals surface area contributed by atoms with Crippen molar-refractivity contribution in [3.05, 3.63) is 53.3 Å². The number of hydrogen-bond acceptors (Lipinski definition) is 2. The number of hydrogen-bond donors (Lipinski definition) is 0. The number of pyridine rings is 1. The molecule has 0 N–H and O–H groups in total. The predicted molar refractivity (Wildman–Crippen MR) is 60.5 cm³/mol. The van der Waals surface area contributed by atoms with E-state index in [4.69, 9.17) is 16.3 Å². The van der Waals surface area contributed by atoms with Crippen molar-refractivity contribution in [1.82, 2.24) is 4.98 Å². The molecule has 0 amide bonds. The van der Waals surface area contributed by atoms with Crippen LogP contribution in [-0.4, -0.2) is 4.98 Å². The lowest BCUT2D eigenvalue weighted by molar-refractivity contribution is 0.482. The lowest BCUT2D eigenvalue weighted by atomic mass is 10.2. The molecule has 0 fully saturated rings. The second-order valence-corrected chi connectivity index (χ2v) is 3.62. The lowest BCUT2D eigenvalue weighted by Gasteiger charge is -2.05. The Morgan fingerprint density at radius 2 is 1.80 bits per heavy atom. The van der Waals surface area contributed by atoms with Crippen LogP contribution in [0.5, 0.6) is 11.5 Å². The topological polar surface area (TPSA) is 22.1 Å². The Hall–Kier alpha value is -1.54. The quantitative estimate of drug-likeness (QED) is 0.716. The minimum atomic E-state index is 0.430. The molecule has 2 nitrogen and oxygen atoms in total. The molecular formula is C12H10ClNO. The molecule has 15 heavy (non-hydrogen) atoms. The molecule has 0 bridgehead atoms. The van der Waals surface area contributed by atoms with Crippen LogP contribution in [0, 0.1) is 6.92 Å². The number of aryl methyl sites for hydroxylation is 1. The molecule has 2 aromatic rings. The summed E-state index contributed by atoms with van der Waals surface area (Å²) in [7, 11) is 0. The first-order valence-electron chi connectivity index (χ1n) is 4.60. The van der Waals surface area contributed by atoms with Crippen LogP contribution in [0.4, 0.5) is 0 Å². The highest BCUT2D eigenvalue weighted by molar-refractivity contribution is 6.29. The van der Waals surface area contributed by atoms with Crippen LogP contribution in [0.25, 0.3) is 0 Å². The smallest absolute Gasteiger partial charge is 0.132 e. The number of halogens is 1. The van der Waals surface area contributed by atoms with E-state index >= 15 is 0 Å². The van der Waals surface area contributed by atoms with Crippen molar-refractivity contribution in [3.63, 3.8) is 0 Å². The molecule has 0 saturated carbocycles. The summed E-state index contributed by atoms with van der Waals surface area (Å²) < 4.78 is 5.59. The third-order valence-corrected chi connectivity index (χ3v) is 2.16. The predicted octanol–water partition coefficient (Wildman–Crippen LogP) is 3.84. The van der Waals surface area contributed by atoms with Crippen LogP contribution in [0.1, 0.15) is 5.56 Å². The van der Waals surface area contributed by atoms with Gasteiger partial charge in [-0.15, -0.1) is 0 Å². The highest BCUT2D eigenvalue weighted by atomic mass is 35.5. The first-order chi connectivity index (χ1) is 7.24. The molecule has 0 aliphatic carbocycles. The van der Waals surface area contributed by atoms with Gasteiger partial charge in [-0.3, -0.25) is 0 Å². The molecule has 1 aromatic carbocycles. The summed E-state index contributed by atoms with van der Waals surface area (Å²) in [4.78, 5) is 3.88. The third-order valence-electron chi connectivity index (χ3n) is 1.95. The molecule has 1 aromatic heterocycles. The van der Waals surface area contributed by atoms with Crippen molar-refractivity contribution in [1.29, 1.82) is 0 Å². The summed E-state index contributed by atoms with van der Waals surface area (Å²) in [5.41, 5.74) is 1.20. The van der Waals surface area contributed by atoms with Crippen molar-refractivity contribution >= 4 is 11.6 Å². The molecule has 0 aliphatic heterocycles. The van der Waals surface area contributed by atoms with E-state index in [1.54, 1.807) is 18.3 Å². The van der Waals surface area contributed by atoms with Gasteiger partial charge in [-0.1, -0.05) is 29.3 Å². The van der Waals surface area contributed by atoms with Crippen molar-refractivity contribution in [2.45, 2.75) is 6.92 Å². The summed E-state index contributed by atoms with van der Waals surface area (Å²) in [6.07, 6.45) is 1.62. The van der Waals surface area contributed by atoms with Crippen molar-refractivity contribution < 1.29 is 4.74 Å². The fourth-order valence-corrected chi connectivity index (χ4v) is 1.35. The Morgan fingerprint density at radius 1 is 1.07 bits per heavy atom. The second-order valence-electron chi connectivity index (χ2n) is 3.23. The van der Waals surface area contributed by atoms with Gasteiger partial charge in [-0.05, 0) is 25.1 Å². The van der Waals surface area contributed by atoms with Crippen molar-refractivity contribution in [2.75, 3.05) is 0 Å². The fourth-order valence-electron chi connectivity index (χ4n) is 1.19. The Balaban J connectivity index is 2.18. The highest BCUT2D eigenvalue weighted by Gasteiger charge is 1.97. The van der Waals surface area contributed by atoms with Gasteiger partial charge in [0.05, 0.1) is 0 Å². The third kappa shape index (κ3) is 2.70. The van der Waals surface area contributed by atoms with Gasteiger partial charge >= 0.3 is 0 Å². The molecule has 0 saturated heterocycles. The zero-order valence-corrected chi connectivity index (χ0v) is 9.03. The van der Waals surface area contributed by atoms with Gasteiger partial charge in [0.25, 0.3) is 0 Å². The van der Waals surface area contributed by atoms with Crippen LogP contribution in [0.15, 0.2) is 42.6 Å². The van der Waals surface area contributed by atoms with E-state index in [1.807, 2.05) is 31.2 Å². The van der Waals surface area contributed by atoms with Crippen LogP contribution < -0.4 is 4.74 Å². The maximum Gasteiger partial charge on any atom is 0.132 e. The maximum absolute atomic E-state index is 5.75. The average molecular weight is 220 g/mol. The zero-order valence-electron chi connectivity index (χ0n) is 8.27. The SMILES string of the molecule is Cc1ccc(Oc2ccnc(Cl)c2)cc1. The molecule has 76 valence electrons. The molecule has 0 atom stereocenters. The van der Waals surface area contributed by atoms with Gasteiger partial charge in [-0.2, -0.15) is 0 Å². The minimum absolute atomic E-state index is 0.430. The molecule has 0 spiro atoms. The lowest BCUT2D eigenvalue weighted by Crippen LogP contribution is -1.84. The van der Waals surface area contributed by atoms with Gasteiger partial charge in [-0.25, -0.2) is 4.98 Å². The Morgan fingerprint density at radius 3 is 2.47 bits per heavy atom. The van der Waals surface area contributed by atoms with E-state index < -0.39 is 0 Å². The standard InChI is InChI=1S/C12H10ClNO/c1-9-2-4-10(5-3-9)15-11-6-7-14-12(13)8-11/h2-8H,1H3. The number of aromatic nitrogens is 1. The van der Waals surface area contributed by atoms with Crippen LogP contribution in [0.2, 0.25) is 5.15 Å². The molecular weight excluding hydrogens is 210 g/mol. The van der Waals surface area contributed by atoms with Gasteiger partial charge in [0.15, 0.2) is 0 Å². The summed E-state index contributed by atoms with van der Waals surface area (Å²) in [6.45, 7) is 2.03. The molecule has 2 rings (SSSR count). The second kappa shape index (κ2) is 4.32. The number of nitrogens with zero attached hydrogens (tertiary/aromatic N) is 1. The van der Waals surface area contributed by atoms with Crippen LogP contribution >= 0.6 is 11.6 Å². The number of rotatable bonds is 2. The Labute approximate surface area is 93.5 Å². The first-order valence-corrected chi connectivity index (χ1v) is 4.98. The normalized spacial score (nSPS) is 10.0. The molecule has 0 unspecified atom stereocenters. The Bertz CT molecular complexity index is 453. The van der Waals surface area contributed by atoms with E-state index in [2.05, 4.69) is 4.98 Å². The summed E-state index contributed by atoms with van der Waals surface area (Å²) >= 11 is 5.75. The summed E-state index contributed by atoms with van der Waals surface area (Å²) in [5, 5.41) is 0.430. The molecule has 0 aliphatic rings. The average Bonchev–Trinajstić information content (AvgIpc) is 2.22. The van der Waals surface area contributed by atoms with Crippen LogP contribution in [-0.2, 0) is 0 Å². The Kier molecular flexibility index (Phi) is 2.88. The van der Waals surface area contributed by atoms with Gasteiger partial charge < -0.3 is 4.74 Å². The van der Waals surface area contributed by atoms with Gasteiger partial charge in [0.2, 0.25) is 0 Å². The van der Waals surface area contributed by atoms with Gasteiger partial charge in [0.1, 0.15) is 16.7 Å². The summed E-state index contributed by atoms with van der Waals surface area (Å²) in [6, 6.07) is 11.3. The van der Waals surface area contributed by atoms with Gasteiger partial charge in [0, 0.05) is 12.3 Å². The molecule has 0 radical (unpaired) electrons. The van der Waals surface area contributed by atoms with E-state index in [0.29, 0.717) is 10.9 Å². The van der Waals surface area contributed by atoms with E-state index in [1.165, 1.54) is 5.56 Å². The van der Waals surface area contributed by atoms with E-state index in [0.717, 1.165) is 5.75 Å². The highest BCUT2D eigenvalue weighted by Crippen LogP contribution is 2.22. The monoisotopic (exact) mass is 219 g/mol. The molecule has 1 heterocycles. The number of ether oxygens (including phenoxy) is 1. The van der Waals surface area contributed by atoms with Crippen LogP contribution in [0.3, 0.4) is 0 Å².